The topological polar surface area (TPSA) is 126 Å². The Morgan fingerprint density at radius 2 is 1.76 bits per heavy atom. The number of hydrogen-bond donors (Lipinski definition) is 3. The third-order valence-electron chi connectivity index (χ3n) is 6.40. The standard InChI is InChI=1S/C26H23F7N6O3/c1-13(37-19-12-36-38-23(41)21(19)26(31,32)33)3-2-5-39-6-4-15-8-17(18(27)9-16(15)24(39)42)22-34-10-14(11-35-22)7-20(40)25(28,29)30/h4,6,8-13,20,40H,2-3,5,7H2,1H3,(H2,37,38,41). The zero-order chi connectivity index (χ0) is 30.8. The Balaban J connectivity index is 1.45. The molecule has 0 aliphatic carbocycles. The molecule has 16 heteroatoms. The summed E-state index contributed by atoms with van der Waals surface area (Å²) in [4.78, 5) is 32.4. The number of anilines is 1. The van der Waals surface area contributed by atoms with Crippen molar-refractivity contribution in [2.45, 2.75) is 57.2 Å². The van der Waals surface area contributed by atoms with Gasteiger partial charge in [-0.2, -0.15) is 31.4 Å². The summed E-state index contributed by atoms with van der Waals surface area (Å²) < 4.78 is 93.7. The van der Waals surface area contributed by atoms with Crippen molar-refractivity contribution in [2.75, 3.05) is 5.32 Å². The lowest BCUT2D eigenvalue weighted by molar-refractivity contribution is -0.203. The number of rotatable bonds is 9. The molecule has 42 heavy (non-hydrogen) atoms. The van der Waals surface area contributed by atoms with Crippen LogP contribution in [0.25, 0.3) is 22.2 Å². The first kappa shape index (κ1) is 30.6. The van der Waals surface area contributed by atoms with E-state index in [0.717, 1.165) is 24.7 Å². The summed E-state index contributed by atoms with van der Waals surface area (Å²) in [7, 11) is 0. The molecule has 1 aromatic carbocycles. The maximum atomic E-state index is 15.0. The minimum absolute atomic E-state index is 0.00735. The first-order valence-electron chi connectivity index (χ1n) is 12.5. The third kappa shape index (κ3) is 6.92. The molecule has 224 valence electrons. The van der Waals surface area contributed by atoms with E-state index in [1.807, 2.05) is 0 Å². The molecule has 2 unspecified atom stereocenters. The molecule has 0 radical (unpaired) electrons. The molecule has 9 nitrogen and oxygen atoms in total. The number of H-pyrrole nitrogens is 1. The quantitative estimate of drug-likeness (QED) is 0.243. The number of hydrogen-bond acceptors (Lipinski definition) is 7. The molecule has 3 N–H and O–H groups in total. The van der Waals surface area contributed by atoms with Crippen LogP contribution >= 0.6 is 0 Å². The molecule has 0 amide bonds. The number of halogens is 7. The van der Waals surface area contributed by atoms with E-state index in [1.54, 1.807) is 18.1 Å². The highest BCUT2D eigenvalue weighted by Crippen LogP contribution is 2.32. The molecular formula is C26H23F7N6O3. The summed E-state index contributed by atoms with van der Waals surface area (Å²) in [5.41, 5.74) is -3.85. The van der Waals surface area contributed by atoms with Gasteiger partial charge in [-0.05, 0) is 48.9 Å². The van der Waals surface area contributed by atoms with E-state index in [4.69, 9.17) is 0 Å². The van der Waals surface area contributed by atoms with Crippen molar-refractivity contribution < 1.29 is 35.8 Å². The Bertz CT molecular complexity index is 1680. The van der Waals surface area contributed by atoms with E-state index in [2.05, 4.69) is 20.4 Å². The van der Waals surface area contributed by atoms with Crippen molar-refractivity contribution in [3.63, 3.8) is 0 Å². The van der Waals surface area contributed by atoms with Crippen LogP contribution in [0.4, 0.5) is 36.4 Å². The molecule has 0 fully saturated rings. The Morgan fingerprint density at radius 1 is 1.07 bits per heavy atom. The van der Waals surface area contributed by atoms with Gasteiger partial charge < -0.3 is 15.0 Å². The zero-order valence-electron chi connectivity index (χ0n) is 21.7. The summed E-state index contributed by atoms with van der Waals surface area (Å²) >= 11 is 0. The Labute approximate surface area is 232 Å². The van der Waals surface area contributed by atoms with E-state index in [-0.39, 0.29) is 28.9 Å². The summed E-state index contributed by atoms with van der Waals surface area (Å²) in [5.74, 6) is -0.972. The van der Waals surface area contributed by atoms with Gasteiger partial charge in [-0.25, -0.2) is 19.5 Å². The molecule has 0 saturated heterocycles. The largest absolute Gasteiger partial charge is 0.423 e. The van der Waals surface area contributed by atoms with Crippen molar-refractivity contribution in [3.8, 4) is 11.4 Å². The molecule has 0 aliphatic heterocycles. The molecule has 4 aromatic rings. The van der Waals surface area contributed by atoms with E-state index >= 15 is 0 Å². The number of aryl methyl sites for hydroxylation is 1. The van der Waals surface area contributed by atoms with Gasteiger partial charge in [-0.15, -0.1) is 0 Å². The average molecular weight is 600 g/mol. The van der Waals surface area contributed by atoms with Crippen LogP contribution in [0.2, 0.25) is 0 Å². The van der Waals surface area contributed by atoms with Crippen LogP contribution in [-0.4, -0.2) is 48.2 Å². The van der Waals surface area contributed by atoms with Crippen molar-refractivity contribution in [2.24, 2.45) is 0 Å². The number of aliphatic hydroxyl groups excluding tert-OH is 1. The van der Waals surface area contributed by atoms with Crippen molar-refractivity contribution in [1.82, 2.24) is 24.7 Å². The minimum atomic E-state index is -4.89. The molecule has 3 heterocycles. The lowest BCUT2D eigenvalue weighted by Gasteiger charge is -2.18. The molecule has 0 bridgehead atoms. The van der Waals surface area contributed by atoms with Crippen molar-refractivity contribution in [1.29, 1.82) is 0 Å². The fourth-order valence-corrected chi connectivity index (χ4v) is 4.29. The summed E-state index contributed by atoms with van der Waals surface area (Å²) in [6.07, 6.45) is -7.97. The number of alkyl halides is 6. The Kier molecular flexibility index (Phi) is 8.65. The molecule has 0 aliphatic rings. The summed E-state index contributed by atoms with van der Waals surface area (Å²) in [5, 5.41) is 17.4. The molecule has 4 rings (SSSR count). The second kappa shape index (κ2) is 11.9. The van der Waals surface area contributed by atoms with Crippen LogP contribution in [0.15, 0.2) is 52.6 Å². The van der Waals surface area contributed by atoms with Gasteiger partial charge >= 0.3 is 12.4 Å². The van der Waals surface area contributed by atoms with Gasteiger partial charge in [-0.3, -0.25) is 9.59 Å². The number of benzene rings is 1. The lowest BCUT2D eigenvalue weighted by atomic mass is 10.1. The fraction of sp³-hybridized carbons (Fsp3) is 0.346. The summed E-state index contributed by atoms with van der Waals surface area (Å²) in [6, 6.07) is 3.36. The van der Waals surface area contributed by atoms with E-state index in [1.165, 1.54) is 16.8 Å². The van der Waals surface area contributed by atoms with Crippen LogP contribution in [0.1, 0.15) is 30.9 Å². The maximum Gasteiger partial charge on any atom is 0.423 e. The van der Waals surface area contributed by atoms with Crippen molar-refractivity contribution >= 4 is 16.5 Å². The molecule has 0 saturated carbocycles. The molecule has 3 aromatic heterocycles. The number of nitrogens with zero attached hydrogens (tertiary/aromatic N) is 4. The van der Waals surface area contributed by atoms with Gasteiger partial charge in [0.15, 0.2) is 11.9 Å². The van der Waals surface area contributed by atoms with Gasteiger partial charge in [0, 0.05) is 37.6 Å². The number of pyridine rings is 1. The first-order valence-corrected chi connectivity index (χ1v) is 12.5. The van der Waals surface area contributed by atoms with Crippen LogP contribution in [0.5, 0.6) is 0 Å². The van der Waals surface area contributed by atoms with Gasteiger partial charge in [-0.1, -0.05) is 0 Å². The van der Waals surface area contributed by atoms with E-state index in [9.17, 15) is 45.4 Å². The summed E-state index contributed by atoms with van der Waals surface area (Å²) in [6.45, 7) is 1.77. The predicted molar refractivity (Wildman–Crippen MR) is 137 cm³/mol. The van der Waals surface area contributed by atoms with E-state index < -0.39 is 59.1 Å². The maximum absolute atomic E-state index is 15.0. The minimum Gasteiger partial charge on any atom is -0.383 e. The Morgan fingerprint density at radius 3 is 2.40 bits per heavy atom. The number of fused-ring (bicyclic) bond motifs is 1. The lowest BCUT2D eigenvalue weighted by Crippen LogP contribution is -2.30. The fourth-order valence-electron chi connectivity index (χ4n) is 4.29. The number of aliphatic hydroxyl groups is 1. The van der Waals surface area contributed by atoms with Crippen LogP contribution in [-0.2, 0) is 19.1 Å². The van der Waals surface area contributed by atoms with Crippen LogP contribution in [0, 0.1) is 5.82 Å². The predicted octanol–water partition coefficient (Wildman–Crippen LogP) is 4.45. The van der Waals surface area contributed by atoms with E-state index in [0.29, 0.717) is 18.2 Å². The highest BCUT2D eigenvalue weighted by Gasteiger charge is 2.38. The average Bonchev–Trinajstić information content (AvgIpc) is 2.89. The Hall–Kier alpha value is -4.34. The smallest absolute Gasteiger partial charge is 0.383 e. The van der Waals surface area contributed by atoms with Gasteiger partial charge in [0.2, 0.25) is 0 Å². The number of aromatic nitrogens is 5. The van der Waals surface area contributed by atoms with Gasteiger partial charge in [0.1, 0.15) is 11.4 Å². The SMILES string of the molecule is CC(CCCn1ccc2cc(-c3ncc(CC(O)C(F)(F)F)cn3)c(F)cc2c1=O)Nc1cn[nH]c(=O)c1C(F)(F)F. The van der Waals surface area contributed by atoms with Gasteiger partial charge in [0.25, 0.3) is 11.1 Å². The normalized spacial score (nSPS) is 13.7. The first-order chi connectivity index (χ1) is 19.6. The molecule has 2 atom stereocenters. The second-order valence-electron chi connectivity index (χ2n) is 9.58. The van der Waals surface area contributed by atoms with Crippen molar-refractivity contribution in [3.05, 3.63) is 80.6 Å². The number of aromatic amines is 1. The third-order valence-corrected chi connectivity index (χ3v) is 6.40. The highest BCUT2D eigenvalue weighted by molar-refractivity contribution is 5.86. The molecular weight excluding hydrogens is 577 g/mol. The monoisotopic (exact) mass is 600 g/mol. The van der Waals surface area contributed by atoms with Crippen LogP contribution in [0.3, 0.4) is 0 Å². The van der Waals surface area contributed by atoms with Crippen LogP contribution < -0.4 is 16.4 Å². The number of nitrogens with one attached hydrogen (secondary N) is 2. The van der Waals surface area contributed by atoms with Gasteiger partial charge in [0.05, 0.1) is 22.8 Å². The highest BCUT2D eigenvalue weighted by atomic mass is 19.4. The molecule has 0 spiro atoms. The zero-order valence-corrected chi connectivity index (χ0v) is 21.7. The second-order valence-corrected chi connectivity index (χ2v) is 9.58.